The lowest BCUT2D eigenvalue weighted by molar-refractivity contribution is -0.128. The second kappa shape index (κ2) is 8.11. The highest BCUT2D eigenvalue weighted by Gasteiger charge is 2.20. The summed E-state index contributed by atoms with van der Waals surface area (Å²) in [4.78, 5) is 23.0. The second-order valence-electron chi connectivity index (χ2n) is 6.14. The monoisotopic (exact) mass is 256 g/mol. The van der Waals surface area contributed by atoms with Gasteiger partial charge in [-0.25, -0.2) is 0 Å². The molecule has 2 amide bonds. The van der Waals surface area contributed by atoms with Crippen molar-refractivity contribution in [3.05, 3.63) is 0 Å². The van der Waals surface area contributed by atoms with Crippen LogP contribution < -0.4 is 10.6 Å². The van der Waals surface area contributed by atoms with Gasteiger partial charge in [-0.05, 0) is 18.8 Å². The molecule has 0 spiro atoms. The Balaban J connectivity index is 3.57. The fraction of sp³-hybridized carbons (Fsp3) is 0.857. The standard InChI is InChI=1S/C14H28N2O2/c1-11(2)7-6-9-15-12(17)8-10-16-13(18)14(3,4)5/h11H,6-10H2,1-5H3,(H,15,17)(H,16,18). The van der Waals surface area contributed by atoms with Crippen molar-refractivity contribution < 1.29 is 9.59 Å². The number of rotatable bonds is 7. The summed E-state index contributed by atoms with van der Waals surface area (Å²) < 4.78 is 0. The molecule has 4 heteroatoms. The van der Waals surface area contributed by atoms with Crippen molar-refractivity contribution in [2.75, 3.05) is 13.1 Å². The van der Waals surface area contributed by atoms with Crippen molar-refractivity contribution in [2.45, 2.75) is 53.9 Å². The predicted molar refractivity (Wildman–Crippen MR) is 74.2 cm³/mol. The molecule has 0 aromatic rings. The van der Waals surface area contributed by atoms with E-state index in [1.165, 1.54) is 0 Å². The van der Waals surface area contributed by atoms with Crippen LogP contribution in [0.5, 0.6) is 0 Å². The van der Waals surface area contributed by atoms with Gasteiger partial charge in [0.05, 0.1) is 0 Å². The van der Waals surface area contributed by atoms with Crippen LogP contribution in [0.1, 0.15) is 53.9 Å². The van der Waals surface area contributed by atoms with Crippen molar-refractivity contribution in [1.82, 2.24) is 10.6 Å². The van der Waals surface area contributed by atoms with E-state index in [1.807, 2.05) is 20.8 Å². The van der Waals surface area contributed by atoms with Crippen LogP contribution in [-0.4, -0.2) is 24.9 Å². The highest BCUT2D eigenvalue weighted by atomic mass is 16.2. The Labute approximate surface area is 111 Å². The second-order valence-corrected chi connectivity index (χ2v) is 6.14. The fourth-order valence-corrected chi connectivity index (χ4v) is 1.38. The molecule has 18 heavy (non-hydrogen) atoms. The van der Waals surface area contributed by atoms with Crippen LogP contribution in [0.2, 0.25) is 0 Å². The maximum absolute atomic E-state index is 11.5. The van der Waals surface area contributed by atoms with Crippen LogP contribution in [-0.2, 0) is 9.59 Å². The third kappa shape index (κ3) is 9.02. The van der Waals surface area contributed by atoms with Gasteiger partial charge in [0, 0.05) is 24.9 Å². The lowest BCUT2D eigenvalue weighted by Crippen LogP contribution is -2.37. The van der Waals surface area contributed by atoms with Crippen molar-refractivity contribution in [3.63, 3.8) is 0 Å². The Kier molecular flexibility index (Phi) is 7.64. The lowest BCUT2D eigenvalue weighted by Gasteiger charge is -2.17. The highest BCUT2D eigenvalue weighted by molar-refractivity contribution is 5.82. The Hall–Kier alpha value is -1.06. The maximum atomic E-state index is 11.5. The van der Waals surface area contributed by atoms with E-state index in [0.29, 0.717) is 18.9 Å². The largest absolute Gasteiger partial charge is 0.356 e. The van der Waals surface area contributed by atoms with Crippen LogP contribution in [0.3, 0.4) is 0 Å². The van der Waals surface area contributed by atoms with Gasteiger partial charge >= 0.3 is 0 Å². The van der Waals surface area contributed by atoms with Crippen molar-refractivity contribution >= 4 is 11.8 Å². The molecule has 0 bridgehead atoms. The number of carbonyl (C=O) groups excluding carboxylic acids is 2. The molecular formula is C14H28N2O2. The van der Waals surface area contributed by atoms with Gasteiger partial charge in [0.25, 0.3) is 0 Å². The summed E-state index contributed by atoms with van der Waals surface area (Å²) in [5.41, 5.74) is -0.395. The maximum Gasteiger partial charge on any atom is 0.225 e. The zero-order valence-corrected chi connectivity index (χ0v) is 12.4. The van der Waals surface area contributed by atoms with E-state index in [9.17, 15) is 9.59 Å². The first-order valence-electron chi connectivity index (χ1n) is 6.78. The quantitative estimate of drug-likeness (QED) is 0.685. The third-order valence-corrected chi connectivity index (χ3v) is 2.60. The molecule has 0 heterocycles. The topological polar surface area (TPSA) is 58.2 Å². The van der Waals surface area contributed by atoms with Gasteiger partial charge in [0.2, 0.25) is 11.8 Å². The summed E-state index contributed by atoms with van der Waals surface area (Å²) >= 11 is 0. The molecular weight excluding hydrogens is 228 g/mol. The molecule has 4 nitrogen and oxygen atoms in total. The van der Waals surface area contributed by atoms with Crippen LogP contribution >= 0.6 is 0 Å². The summed E-state index contributed by atoms with van der Waals surface area (Å²) in [6.45, 7) is 11.0. The number of nitrogens with one attached hydrogen (secondary N) is 2. The highest BCUT2D eigenvalue weighted by Crippen LogP contribution is 2.12. The minimum atomic E-state index is -0.395. The minimum absolute atomic E-state index is 0.00738. The Morgan fingerprint density at radius 1 is 1.06 bits per heavy atom. The van der Waals surface area contributed by atoms with Gasteiger partial charge in [-0.3, -0.25) is 9.59 Å². The first-order chi connectivity index (χ1) is 8.23. The van der Waals surface area contributed by atoms with Gasteiger partial charge in [-0.15, -0.1) is 0 Å². The molecule has 106 valence electrons. The number of hydrogen-bond donors (Lipinski definition) is 2. The first kappa shape index (κ1) is 16.9. The molecule has 0 saturated heterocycles. The molecule has 0 aromatic heterocycles. The van der Waals surface area contributed by atoms with Gasteiger partial charge < -0.3 is 10.6 Å². The molecule has 0 aromatic carbocycles. The van der Waals surface area contributed by atoms with Crippen molar-refractivity contribution in [3.8, 4) is 0 Å². The average molecular weight is 256 g/mol. The van der Waals surface area contributed by atoms with E-state index in [0.717, 1.165) is 19.4 Å². The van der Waals surface area contributed by atoms with Gasteiger partial charge in [0.15, 0.2) is 0 Å². The molecule has 0 saturated carbocycles. The van der Waals surface area contributed by atoms with Gasteiger partial charge in [0.1, 0.15) is 0 Å². The van der Waals surface area contributed by atoms with Crippen LogP contribution in [0, 0.1) is 11.3 Å². The predicted octanol–water partition coefficient (Wildman–Crippen LogP) is 2.09. The SMILES string of the molecule is CC(C)CCCNC(=O)CCNC(=O)C(C)(C)C. The van der Waals surface area contributed by atoms with E-state index < -0.39 is 5.41 Å². The lowest BCUT2D eigenvalue weighted by atomic mass is 9.96. The van der Waals surface area contributed by atoms with Crippen molar-refractivity contribution in [2.24, 2.45) is 11.3 Å². The van der Waals surface area contributed by atoms with Gasteiger partial charge in [-0.1, -0.05) is 34.6 Å². The van der Waals surface area contributed by atoms with Crippen LogP contribution in [0.4, 0.5) is 0 Å². The summed E-state index contributed by atoms with van der Waals surface area (Å²) in [5.74, 6) is 0.663. The summed E-state index contributed by atoms with van der Waals surface area (Å²) in [6, 6.07) is 0. The zero-order chi connectivity index (χ0) is 14.2. The van der Waals surface area contributed by atoms with E-state index in [4.69, 9.17) is 0 Å². The molecule has 0 unspecified atom stereocenters. The molecule has 0 rings (SSSR count). The summed E-state index contributed by atoms with van der Waals surface area (Å²) in [5, 5.41) is 5.62. The summed E-state index contributed by atoms with van der Waals surface area (Å²) in [6.07, 6.45) is 2.49. The average Bonchev–Trinajstić information content (AvgIpc) is 2.22. The number of amides is 2. The third-order valence-electron chi connectivity index (χ3n) is 2.60. The molecule has 0 aliphatic rings. The fourth-order valence-electron chi connectivity index (χ4n) is 1.38. The summed E-state index contributed by atoms with van der Waals surface area (Å²) in [7, 11) is 0. The molecule has 2 N–H and O–H groups in total. The van der Waals surface area contributed by atoms with Crippen molar-refractivity contribution in [1.29, 1.82) is 0 Å². The van der Waals surface area contributed by atoms with E-state index in [2.05, 4.69) is 24.5 Å². The van der Waals surface area contributed by atoms with E-state index >= 15 is 0 Å². The molecule has 0 aliphatic carbocycles. The smallest absolute Gasteiger partial charge is 0.225 e. The Bertz CT molecular complexity index is 267. The normalized spacial score (nSPS) is 11.4. The first-order valence-corrected chi connectivity index (χ1v) is 6.78. The van der Waals surface area contributed by atoms with Gasteiger partial charge in [-0.2, -0.15) is 0 Å². The minimum Gasteiger partial charge on any atom is -0.356 e. The molecule has 0 aliphatic heterocycles. The number of hydrogen-bond acceptors (Lipinski definition) is 2. The Morgan fingerprint density at radius 2 is 1.67 bits per heavy atom. The number of carbonyl (C=O) groups is 2. The van der Waals surface area contributed by atoms with Crippen LogP contribution in [0.15, 0.2) is 0 Å². The molecule has 0 radical (unpaired) electrons. The van der Waals surface area contributed by atoms with E-state index in [-0.39, 0.29) is 11.8 Å². The van der Waals surface area contributed by atoms with Crippen LogP contribution in [0.25, 0.3) is 0 Å². The molecule has 0 fully saturated rings. The Morgan fingerprint density at radius 3 is 2.17 bits per heavy atom. The van der Waals surface area contributed by atoms with E-state index in [1.54, 1.807) is 0 Å². The molecule has 0 atom stereocenters. The zero-order valence-electron chi connectivity index (χ0n) is 12.4.